The summed E-state index contributed by atoms with van der Waals surface area (Å²) >= 11 is 5.41. The number of hydrogen-bond donors (Lipinski definition) is 1. The molecule has 2 aromatic rings. The summed E-state index contributed by atoms with van der Waals surface area (Å²) in [5.41, 5.74) is 2.28. The van der Waals surface area contributed by atoms with Gasteiger partial charge in [0.2, 0.25) is 0 Å². The molecule has 90 valence electrons. The third kappa shape index (κ3) is 2.50. The lowest BCUT2D eigenvalue weighted by Gasteiger charge is -2.14. The molecule has 0 aliphatic rings. The zero-order valence-corrected chi connectivity index (χ0v) is 11.1. The van der Waals surface area contributed by atoms with Crippen LogP contribution in [0, 0.1) is 4.64 Å². The molecule has 0 saturated heterocycles. The number of benzene rings is 1. The van der Waals surface area contributed by atoms with Crippen LogP contribution in [0.1, 0.15) is 32.7 Å². The molecule has 1 heterocycles. The minimum absolute atomic E-state index is 0.472. The van der Waals surface area contributed by atoms with Gasteiger partial charge in [-0.15, -0.1) is 0 Å². The predicted molar refractivity (Wildman–Crippen MR) is 74.7 cm³/mol. The molecule has 3 heteroatoms. The standard InChI is InChI=1S/C14H18N2S/c1-3-12(4-2)16-14(17)10-13(15-16)11-8-6-5-7-9-11/h5-10,12,15H,3-4H2,1-2H3. The van der Waals surface area contributed by atoms with E-state index in [0.29, 0.717) is 6.04 Å². The van der Waals surface area contributed by atoms with Gasteiger partial charge in [-0.3, -0.25) is 9.78 Å². The molecule has 0 spiro atoms. The maximum absolute atomic E-state index is 5.41. The van der Waals surface area contributed by atoms with Crippen LogP contribution in [0.3, 0.4) is 0 Å². The van der Waals surface area contributed by atoms with E-state index in [1.165, 1.54) is 5.56 Å². The largest absolute Gasteiger partial charge is 0.297 e. The van der Waals surface area contributed by atoms with Crippen LogP contribution in [0.4, 0.5) is 0 Å². The Morgan fingerprint density at radius 1 is 1.18 bits per heavy atom. The van der Waals surface area contributed by atoms with Crippen LogP contribution in [-0.2, 0) is 0 Å². The minimum atomic E-state index is 0.472. The van der Waals surface area contributed by atoms with E-state index in [4.69, 9.17) is 12.2 Å². The van der Waals surface area contributed by atoms with E-state index in [-0.39, 0.29) is 0 Å². The molecule has 2 rings (SSSR count). The molecule has 2 nitrogen and oxygen atoms in total. The lowest BCUT2D eigenvalue weighted by Crippen LogP contribution is -2.08. The molecule has 1 aromatic carbocycles. The van der Waals surface area contributed by atoms with E-state index in [0.717, 1.165) is 23.2 Å². The highest BCUT2D eigenvalue weighted by Crippen LogP contribution is 2.21. The Balaban J connectivity index is 2.41. The number of aromatic nitrogens is 2. The average molecular weight is 246 g/mol. The molecule has 1 aromatic heterocycles. The monoisotopic (exact) mass is 246 g/mol. The molecule has 0 fully saturated rings. The molecule has 0 unspecified atom stereocenters. The summed E-state index contributed by atoms with van der Waals surface area (Å²) in [7, 11) is 0. The lowest BCUT2D eigenvalue weighted by molar-refractivity contribution is 0.425. The number of aromatic amines is 1. The molecular weight excluding hydrogens is 228 g/mol. The fourth-order valence-corrected chi connectivity index (χ4v) is 2.41. The van der Waals surface area contributed by atoms with Crippen LogP contribution >= 0.6 is 12.2 Å². The summed E-state index contributed by atoms with van der Waals surface area (Å²) in [4.78, 5) is 0. The number of rotatable bonds is 4. The number of H-pyrrole nitrogens is 1. The quantitative estimate of drug-likeness (QED) is 0.783. The second kappa shape index (κ2) is 5.32. The zero-order chi connectivity index (χ0) is 12.3. The summed E-state index contributed by atoms with van der Waals surface area (Å²) in [6.07, 6.45) is 2.19. The van der Waals surface area contributed by atoms with Crippen LogP contribution in [0.25, 0.3) is 11.3 Å². The first-order valence-corrected chi connectivity index (χ1v) is 6.54. The van der Waals surface area contributed by atoms with Gasteiger partial charge in [0.05, 0.1) is 11.7 Å². The molecule has 1 N–H and O–H groups in total. The second-order valence-corrected chi connectivity index (χ2v) is 4.63. The molecule has 0 amide bonds. The van der Waals surface area contributed by atoms with E-state index >= 15 is 0 Å². The van der Waals surface area contributed by atoms with Gasteiger partial charge in [0.1, 0.15) is 4.64 Å². The van der Waals surface area contributed by atoms with Gasteiger partial charge in [-0.25, -0.2) is 0 Å². The van der Waals surface area contributed by atoms with Crippen molar-refractivity contribution in [2.45, 2.75) is 32.7 Å². The number of nitrogens with zero attached hydrogens (tertiary/aromatic N) is 1. The van der Waals surface area contributed by atoms with Crippen molar-refractivity contribution in [2.75, 3.05) is 0 Å². The fourth-order valence-electron chi connectivity index (χ4n) is 2.10. The van der Waals surface area contributed by atoms with Gasteiger partial charge in [-0.1, -0.05) is 56.4 Å². The Morgan fingerprint density at radius 3 is 2.41 bits per heavy atom. The number of hydrogen-bond acceptors (Lipinski definition) is 1. The van der Waals surface area contributed by atoms with E-state index in [1.54, 1.807) is 0 Å². The summed E-state index contributed by atoms with van der Waals surface area (Å²) in [5, 5.41) is 3.41. The topological polar surface area (TPSA) is 20.7 Å². The van der Waals surface area contributed by atoms with Crippen molar-refractivity contribution >= 4 is 12.2 Å². The van der Waals surface area contributed by atoms with Gasteiger partial charge in [-0.2, -0.15) is 0 Å². The summed E-state index contributed by atoms with van der Waals surface area (Å²) in [5.74, 6) is 0. The zero-order valence-electron chi connectivity index (χ0n) is 10.3. The van der Waals surface area contributed by atoms with E-state index in [9.17, 15) is 0 Å². The Hall–Kier alpha value is -1.35. The van der Waals surface area contributed by atoms with Gasteiger partial charge in [-0.05, 0) is 24.5 Å². The van der Waals surface area contributed by atoms with Crippen molar-refractivity contribution in [3.05, 3.63) is 41.0 Å². The second-order valence-electron chi connectivity index (χ2n) is 4.21. The highest BCUT2D eigenvalue weighted by atomic mass is 32.1. The first kappa shape index (κ1) is 12.1. The predicted octanol–water partition coefficient (Wildman–Crippen LogP) is 4.57. The molecular formula is C14H18N2S. The van der Waals surface area contributed by atoms with E-state index in [1.807, 2.05) is 24.3 Å². The summed E-state index contributed by atoms with van der Waals surface area (Å²) < 4.78 is 3.00. The third-order valence-corrected chi connectivity index (χ3v) is 3.45. The van der Waals surface area contributed by atoms with Gasteiger partial charge >= 0.3 is 0 Å². The van der Waals surface area contributed by atoms with Crippen LogP contribution in [0.5, 0.6) is 0 Å². The molecule has 0 radical (unpaired) electrons. The highest BCUT2D eigenvalue weighted by molar-refractivity contribution is 7.71. The SMILES string of the molecule is CCC(CC)n1[nH]c(-c2ccccc2)cc1=S. The molecule has 0 saturated carbocycles. The Bertz CT molecular complexity index is 521. The molecule has 17 heavy (non-hydrogen) atoms. The smallest absolute Gasteiger partial charge is 0.122 e. The normalized spacial score (nSPS) is 11.0. The maximum atomic E-state index is 5.41. The van der Waals surface area contributed by atoms with Crippen molar-refractivity contribution in [3.63, 3.8) is 0 Å². The van der Waals surface area contributed by atoms with Crippen LogP contribution in [0.2, 0.25) is 0 Å². The first-order chi connectivity index (χ1) is 8.26. The van der Waals surface area contributed by atoms with Crippen LogP contribution in [0.15, 0.2) is 36.4 Å². The van der Waals surface area contributed by atoms with Crippen molar-refractivity contribution in [3.8, 4) is 11.3 Å². The van der Waals surface area contributed by atoms with Gasteiger partial charge < -0.3 is 0 Å². The van der Waals surface area contributed by atoms with Crippen molar-refractivity contribution in [2.24, 2.45) is 0 Å². The van der Waals surface area contributed by atoms with Crippen molar-refractivity contribution in [1.29, 1.82) is 0 Å². The fraction of sp³-hybridized carbons (Fsp3) is 0.357. The van der Waals surface area contributed by atoms with Gasteiger partial charge in [0.25, 0.3) is 0 Å². The third-order valence-electron chi connectivity index (χ3n) is 3.14. The van der Waals surface area contributed by atoms with Crippen molar-refractivity contribution in [1.82, 2.24) is 9.78 Å². The molecule has 0 bridgehead atoms. The molecule has 0 atom stereocenters. The van der Waals surface area contributed by atoms with Gasteiger partial charge in [0, 0.05) is 0 Å². The average Bonchev–Trinajstić information content (AvgIpc) is 2.75. The Morgan fingerprint density at radius 2 is 1.82 bits per heavy atom. The summed E-state index contributed by atoms with van der Waals surface area (Å²) in [6.45, 7) is 4.39. The van der Waals surface area contributed by atoms with E-state index in [2.05, 4.69) is 35.8 Å². The van der Waals surface area contributed by atoms with E-state index < -0.39 is 0 Å². The molecule has 0 aliphatic carbocycles. The first-order valence-electron chi connectivity index (χ1n) is 6.13. The van der Waals surface area contributed by atoms with Crippen LogP contribution < -0.4 is 0 Å². The molecule has 0 aliphatic heterocycles. The number of nitrogens with one attached hydrogen (secondary N) is 1. The highest BCUT2D eigenvalue weighted by Gasteiger charge is 2.09. The lowest BCUT2D eigenvalue weighted by atomic mass is 10.2. The van der Waals surface area contributed by atoms with Gasteiger partial charge in [0.15, 0.2) is 0 Å². The Kier molecular flexibility index (Phi) is 3.79. The maximum Gasteiger partial charge on any atom is 0.122 e. The summed E-state index contributed by atoms with van der Waals surface area (Å²) in [6, 6.07) is 12.8. The minimum Gasteiger partial charge on any atom is -0.297 e. The van der Waals surface area contributed by atoms with Crippen molar-refractivity contribution < 1.29 is 0 Å². The Labute approximate surface area is 107 Å². The van der Waals surface area contributed by atoms with Crippen LogP contribution in [-0.4, -0.2) is 9.78 Å².